The Kier molecular flexibility index (Phi) is 4.20. The van der Waals surface area contributed by atoms with Crippen molar-refractivity contribution in [3.05, 3.63) is 66.0 Å². The number of hydrogen-bond donors (Lipinski definition) is 0. The third-order valence-corrected chi connectivity index (χ3v) is 4.06. The fourth-order valence-corrected chi connectivity index (χ4v) is 2.97. The molecule has 2 aromatic carbocycles. The Labute approximate surface area is 125 Å². The first kappa shape index (κ1) is 14.1. The van der Waals surface area contributed by atoms with E-state index in [4.69, 9.17) is 4.74 Å². The molecule has 2 nitrogen and oxygen atoms in total. The van der Waals surface area contributed by atoms with Gasteiger partial charge in [0.1, 0.15) is 17.7 Å². The molecule has 0 aromatic heterocycles. The lowest BCUT2D eigenvalue weighted by molar-refractivity contribution is 0.0899. The topological polar surface area (TPSA) is 12.5 Å². The molecule has 0 amide bonds. The minimum absolute atomic E-state index is 0.0883. The summed E-state index contributed by atoms with van der Waals surface area (Å²) in [6, 6.07) is 16.8. The van der Waals surface area contributed by atoms with Crippen LogP contribution in [0.2, 0.25) is 0 Å². The van der Waals surface area contributed by atoms with Crippen LogP contribution in [0.4, 0.5) is 4.39 Å². The van der Waals surface area contributed by atoms with Gasteiger partial charge in [0.25, 0.3) is 0 Å². The van der Waals surface area contributed by atoms with Crippen LogP contribution in [0.5, 0.6) is 5.75 Å². The van der Waals surface area contributed by atoms with Crippen molar-refractivity contribution in [2.24, 2.45) is 0 Å². The van der Waals surface area contributed by atoms with Crippen LogP contribution in [0.1, 0.15) is 17.9 Å². The van der Waals surface area contributed by atoms with Gasteiger partial charge in [-0.3, -0.25) is 0 Å². The molecule has 1 aliphatic rings. The third kappa shape index (κ3) is 3.42. The summed E-state index contributed by atoms with van der Waals surface area (Å²) in [6.07, 6.45) is 1.04. The summed E-state index contributed by atoms with van der Waals surface area (Å²) in [5.74, 6) is 0.676. The summed E-state index contributed by atoms with van der Waals surface area (Å²) in [5, 5.41) is 0. The smallest absolute Gasteiger partial charge is 0.126 e. The number of nitrogens with zero attached hydrogens (tertiary/aromatic N) is 1. The number of likely N-dealkylation sites (tertiary alicyclic amines) is 1. The van der Waals surface area contributed by atoms with Crippen molar-refractivity contribution in [3.8, 4) is 5.75 Å². The number of likely N-dealkylation sites (N-methyl/N-ethyl adjacent to an activating group) is 1. The van der Waals surface area contributed by atoms with E-state index in [1.165, 1.54) is 17.7 Å². The molecule has 0 radical (unpaired) electrons. The number of hydrogen-bond acceptors (Lipinski definition) is 2. The molecule has 0 spiro atoms. The second-order valence-corrected chi connectivity index (χ2v) is 5.68. The summed E-state index contributed by atoms with van der Waals surface area (Å²) in [4.78, 5) is 2.32. The lowest BCUT2D eigenvalue weighted by atomic mass is 9.88. The van der Waals surface area contributed by atoms with Gasteiger partial charge in [0.05, 0.1) is 0 Å². The molecule has 110 valence electrons. The molecule has 0 saturated carbocycles. The lowest BCUT2D eigenvalue weighted by Crippen LogP contribution is -2.42. The Bertz CT molecular complexity index is 587. The number of rotatable bonds is 3. The number of halogens is 1. The third-order valence-electron chi connectivity index (χ3n) is 4.06. The van der Waals surface area contributed by atoms with Crippen LogP contribution in [-0.4, -0.2) is 31.1 Å². The Morgan fingerprint density at radius 2 is 1.90 bits per heavy atom. The molecule has 0 bridgehead atoms. The normalized spacial score (nSPS) is 23.0. The van der Waals surface area contributed by atoms with Crippen molar-refractivity contribution in [2.45, 2.75) is 18.4 Å². The standard InChI is InChI=1S/C18H20FNO/c1-20-11-10-18(21-16-9-5-8-15(19)12-16)17(13-20)14-6-3-2-4-7-14/h2-9,12,17-18H,10-11,13H2,1H3/t17-,18+/m1/s1. The molecule has 0 aliphatic carbocycles. The summed E-state index contributed by atoms with van der Waals surface area (Å²) < 4.78 is 19.4. The summed E-state index contributed by atoms with van der Waals surface area (Å²) in [6.45, 7) is 1.97. The van der Waals surface area contributed by atoms with Gasteiger partial charge >= 0.3 is 0 Å². The second-order valence-electron chi connectivity index (χ2n) is 5.68. The van der Waals surface area contributed by atoms with Crippen molar-refractivity contribution in [2.75, 3.05) is 20.1 Å². The Hall–Kier alpha value is -1.87. The monoisotopic (exact) mass is 285 g/mol. The molecule has 1 saturated heterocycles. The molecule has 0 N–H and O–H groups in total. The first-order valence-corrected chi connectivity index (χ1v) is 7.38. The van der Waals surface area contributed by atoms with Gasteiger partial charge in [0.2, 0.25) is 0 Å². The van der Waals surface area contributed by atoms with E-state index in [2.05, 4.69) is 36.2 Å². The molecular weight excluding hydrogens is 265 g/mol. The zero-order valence-electron chi connectivity index (χ0n) is 12.2. The van der Waals surface area contributed by atoms with E-state index >= 15 is 0 Å². The highest BCUT2D eigenvalue weighted by molar-refractivity contribution is 5.26. The van der Waals surface area contributed by atoms with E-state index in [1.54, 1.807) is 6.07 Å². The van der Waals surface area contributed by atoms with E-state index in [-0.39, 0.29) is 11.9 Å². The highest BCUT2D eigenvalue weighted by Gasteiger charge is 2.30. The SMILES string of the molecule is CN1CC[C@H](Oc2cccc(F)c2)[C@@H](c2ccccc2)C1. The van der Waals surface area contributed by atoms with Gasteiger partial charge in [-0.2, -0.15) is 0 Å². The zero-order valence-corrected chi connectivity index (χ0v) is 12.2. The quantitative estimate of drug-likeness (QED) is 0.852. The summed E-state index contributed by atoms with van der Waals surface area (Å²) in [5.41, 5.74) is 1.28. The molecule has 2 atom stereocenters. The maximum absolute atomic E-state index is 13.3. The number of piperidine rings is 1. The van der Waals surface area contributed by atoms with Crippen molar-refractivity contribution in [1.29, 1.82) is 0 Å². The first-order valence-electron chi connectivity index (χ1n) is 7.38. The van der Waals surface area contributed by atoms with E-state index in [0.717, 1.165) is 19.5 Å². The molecule has 21 heavy (non-hydrogen) atoms. The van der Waals surface area contributed by atoms with E-state index in [9.17, 15) is 4.39 Å². The van der Waals surface area contributed by atoms with Gasteiger partial charge in [0.15, 0.2) is 0 Å². The van der Waals surface area contributed by atoms with Gasteiger partial charge in [-0.05, 0) is 31.2 Å². The Balaban J connectivity index is 1.81. The van der Waals surface area contributed by atoms with Gasteiger partial charge in [-0.15, -0.1) is 0 Å². The van der Waals surface area contributed by atoms with Crippen LogP contribution in [0, 0.1) is 5.82 Å². The largest absolute Gasteiger partial charge is 0.490 e. The minimum atomic E-state index is -0.253. The Morgan fingerprint density at radius 3 is 2.67 bits per heavy atom. The molecule has 1 fully saturated rings. The van der Waals surface area contributed by atoms with Crippen molar-refractivity contribution >= 4 is 0 Å². The van der Waals surface area contributed by atoms with Gasteiger partial charge in [-0.1, -0.05) is 36.4 Å². The van der Waals surface area contributed by atoms with Gasteiger partial charge in [0, 0.05) is 25.1 Å². The second kappa shape index (κ2) is 6.27. The number of ether oxygens (including phenoxy) is 1. The van der Waals surface area contributed by atoms with Crippen LogP contribution >= 0.6 is 0 Å². The van der Waals surface area contributed by atoms with Crippen LogP contribution in [0.3, 0.4) is 0 Å². The molecule has 1 aliphatic heterocycles. The van der Waals surface area contributed by atoms with Crippen molar-refractivity contribution < 1.29 is 9.13 Å². The fourth-order valence-electron chi connectivity index (χ4n) is 2.97. The predicted molar refractivity (Wildman–Crippen MR) is 82.1 cm³/mol. The van der Waals surface area contributed by atoms with E-state index < -0.39 is 0 Å². The molecule has 3 heteroatoms. The zero-order chi connectivity index (χ0) is 14.7. The lowest BCUT2D eigenvalue weighted by Gasteiger charge is -2.37. The fraction of sp³-hybridized carbons (Fsp3) is 0.333. The van der Waals surface area contributed by atoms with Crippen LogP contribution in [0.15, 0.2) is 54.6 Å². The van der Waals surface area contributed by atoms with Crippen molar-refractivity contribution in [3.63, 3.8) is 0 Å². The van der Waals surface area contributed by atoms with Gasteiger partial charge < -0.3 is 9.64 Å². The van der Waals surface area contributed by atoms with Crippen LogP contribution < -0.4 is 4.74 Å². The molecular formula is C18H20FNO. The summed E-state index contributed by atoms with van der Waals surface area (Å²) >= 11 is 0. The number of benzene rings is 2. The molecule has 3 rings (SSSR count). The van der Waals surface area contributed by atoms with E-state index in [1.807, 2.05) is 12.1 Å². The first-order chi connectivity index (χ1) is 10.2. The van der Waals surface area contributed by atoms with Crippen molar-refractivity contribution in [1.82, 2.24) is 4.90 Å². The minimum Gasteiger partial charge on any atom is -0.490 e. The molecule has 1 heterocycles. The predicted octanol–water partition coefficient (Wildman–Crippen LogP) is 3.69. The average Bonchev–Trinajstić information content (AvgIpc) is 2.50. The Morgan fingerprint density at radius 1 is 1.10 bits per heavy atom. The highest BCUT2D eigenvalue weighted by Crippen LogP contribution is 2.30. The van der Waals surface area contributed by atoms with E-state index in [0.29, 0.717) is 11.7 Å². The van der Waals surface area contributed by atoms with Crippen LogP contribution in [0.25, 0.3) is 0 Å². The highest BCUT2D eigenvalue weighted by atomic mass is 19.1. The maximum atomic E-state index is 13.3. The maximum Gasteiger partial charge on any atom is 0.126 e. The molecule has 2 aromatic rings. The van der Waals surface area contributed by atoms with Gasteiger partial charge in [-0.25, -0.2) is 4.39 Å². The molecule has 0 unspecified atom stereocenters. The average molecular weight is 285 g/mol. The summed E-state index contributed by atoms with van der Waals surface area (Å²) in [7, 11) is 2.13. The van der Waals surface area contributed by atoms with Crippen LogP contribution in [-0.2, 0) is 0 Å².